The molecule has 5 nitrogen and oxygen atoms in total. The third kappa shape index (κ3) is 3.48. The summed E-state index contributed by atoms with van der Waals surface area (Å²) in [5, 5.41) is 11.2. The van der Waals surface area contributed by atoms with E-state index in [-0.39, 0.29) is 23.0 Å². The molecule has 0 radical (unpaired) electrons. The van der Waals surface area contributed by atoms with Gasteiger partial charge in [0.15, 0.2) is 11.7 Å². The molecule has 0 saturated heterocycles. The van der Waals surface area contributed by atoms with Gasteiger partial charge in [0, 0.05) is 17.8 Å². The Labute approximate surface area is 151 Å². The standard InChI is InChI=1S/C15H16ClF3N4OS/c1-2-5-20-14(24)12-11(16)13-21-8(9-4-3-6-25-9)7-10(15(17,18)19)23(13)22-12/h3-4,6,8,10,21H,2,5,7H2,1H3,(H,20,24). The molecule has 10 heteroatoms. The van der Waals surface area contributed by atoms with Crippen LogP contribution in [0.25, 0.3) is 0 Å². The van der Waals surface area contributed by atoms with Crippen molar-refractivity contribution < 1.29 is 18.0 Å². The third-order valence-electron chi connectivity index (χ3n) is 3.93. The Morgan fingerprint density at radius 1 is 1.56 bits per heavy atom. The molecule has 0 aromatic carbocycles. The lowest BCUT2D eigenvalue weighted by atomic mass is 10.0. The minimum Gasteiger partial charge on any atom is -0.361 e. The highest BCUT2D eigenvalue weighted by Crippen LogP contribution is 2.46. The van der Waals surface area contributed by atoms with Crippen molar-refractivity contribution in [2.45, 2.75) is 38.0 Å². The molecule has 3 rings (SSSR count). The molecule has 2 atom stereocenters. The Hall–Kier alpha value is -1.74. The van der Waals surface area contributed by atoms with Crippen LogP contribution >= 0.6 is 22.9 Å². The third-order valence-corrected chi connectivity index (χ3v) is 5.28. The van der Waals surface area contributed by atoms with Crippen molar-refractivity contribution in [3.05, 3.63) is 33.1 Å². The van der Waals surface area contributed by atoms with E-state index in [0.29, 0.717) is 13.0 Å². The second-order valence-electron chi connectivity index (χ2n) is 5.72. The van der Waals surface area contributed by atoms with E-state index in [4.69, 9.17) is 11.6 Å². The van der Waals surface area contributed by atoms with Crippen LogP contribution in [0.4, 0.5) is 19.0 Å². The number of carbonyl (C=O) groups excluding carboxylic acids is 1. The molecule has 0 bridgehead atoms. The number of rotatable bonds is 4. The maximum Gasteiger partial charge on any atom is 0.410 e. The Balaban J connectivity index is 2.00. The van der Waals surface area contributed by atoms with Crippen LogP contribution in [0.15, 0.2) is 17.5 Å². The van der Waals surface area contributed by atoms with E-state index in [1.165, 1.54) is 11.3 Å². The predicted molar refractivity (Wildman–Crippen MR) is 90.3 cm³/mol. The Kier molecular flexibility index (Phi) is 4.97. The van der Waals surface area contributed by atoms with E-state index < -0.39 is 24.2 Å². The van der Waals surface area contributed by atoms with Crippen LogP contribution in [0.1, 0.15) is 47.2 Å². The number of anilines is 1. The molecule has 1 aliphatic rings. The molecule has 1 amide bonds. The van der Waals surface area contributed by atoms with Crippen LogP contribution < -0.4 is 10.6 Å². The number of fused-ring (bicyclic) bond motifs is 1. The summed E-state index contributed by atoms with van der Waals surface area (Å²) >= 11 is 7.55. The van der Waals surface area contributed by atoms with Crippen molar-refractivity contribution in [3.63, 3.8) is 0 Å². The fourth-order valence-electron chi connectivity index (χ4n) is 2.73. The summed E-state index contributed by atoms with van der Waals surface area (Å²) in [7, 11) is 0. The molecule has 1 aliphatic heterocycles. The van der Waals surface area contributed by atoms with Crippen molar-refractivity contribution >= 4 is 34.7 Å². The average molecular weight is 393 g/mol. The van der Waals surface area contributed by atoms with Gasteiger partial charge in [-0.15, -0.1) is 11.3 Å². The fourth-order valence-corrected chi connectivity index (χ4v) is 3.79. The van der Waals surface area contributed by atoms with Gasteiger partial charge < -0.3 is 10.6 Å². The number of nitrogens with one attached hydrogen (secondary N) is 2. The van der Waals surface area contributed by atoms with Crippen LogP contribution in [0.2, 0.25) is 5.02 Å². The quantitative estimate of drug-likeness (QED) is 0.810. The normalized spacial score (nSPS) is 20.0. The van der Waals surface area contributed by atoms with Crippen LogP contribution in [0.5, 0.6) is 0 Å². The summed E-state index contributed by atoms with van der Waals surface area (Å²) in [5.74, 6) is -0.556. The Morgan fingerprint density at radius 3 is 2.92 bits per heavy atom. The van der Waals surface area contributed by atoms with Gasteiger partial charge in [0.1, 0.15) is 10.8 Å². The lowest BCUT2D eigenvalue weighted by Crippen LogP contribution is -2.35. The first-order valence-corrected chi connectivity index (χ1v) is 9.01. The van der Waals surface area contributed by atoms with Crippen molar-refractivity contribution in [2.75, 3.05) is 11.9 Å². The smallest absolute Gasteiger partial charge is 0.361 e. The van der Waals surface area contributed by atoms with Gasteiger partial charge in [0.25, 0.3) is 5.91 Å². The van der Waals surface area contributed by atoms with Crippen molar-refractivity contribution in [3.8, 4) is 0 Å². The van der Waals surface area contributed by atoms with E-state index in [1.54, 1.807) is 17.5 Å². The van der Waals surface area contributed by atoms with E-state index in [0.717, 1.165) is 9.56 Å². The molecule has 0 fully saturated rings. The zero-order chi connectivity index (χ0) is 18.2. The fraction of sp³-hybridized carbons (Fsp3) is 0.467. The number of halogens is 4. The molecule has 0 saturated carbocycles. The van der Waals surface area contributed by atoms with E-state index in [9.17, 15) is 18.0 Å². The van der Waals surface area contributed by atoms with Gasteiger partial charge in [0.05, 0.1) is 6.04 Å². The first-order chi connectivity index (χ1) is 11.8. The maximum absolute atomic E-state index is 13.6. The van der Waals surface area contributed by atoms with Crippen molar-refractivity contribution in [2.24, 2.45) is 0 Å². The highest BCUT2D eigenvalue weighted by Gasteiger charge is 2.48. The molecule has 2 N–H and O–H groups in total. The largest absolute Gasteiger partial charge is 0.410 e. The number of hydrogen-bond acceptors (Lipinski definition) is 4. The van der Waals surface area contributed by atoms with Gasteiger partial charge in [-0.2, -0.15) is 18.3 Å². The van der Waals surface area contributed by atoms with Gasteiger partial charge in [-0.3, -0.25) is 4.79 Å². The highest BCUT2D eigenvalue weighted by atomic mass is 35.5. The summed E-state index contributed by atoms with van der Waals surface area (Å²) in [6.07, 6.45) is -4.02. The second kappa shape index (κ2) is 6.87. The number of aromatic nitrogens is 2. The molecule has 0 aliphatic carbocycles. The molecule has 3 heterocycles. The molecular weight excluding hydrogens is 377 g/mol. The molecule has 136 valence electrons. The van der Waals surface area contributed by atoms with Crippen LogP contribution in [0, 0.1) is 0 Å². The van der Waals surface area contributed by atoms with Gasteiger partial charge in [-0.1, -0.05) is 24.6 Å². The van der Waals surface area contributed by atoms with Gasteiger partial charge in [-0.05, 0) is 17.9 Å². The van der Waals surface area contributed by atoms with Crippen LogP contribution in [-0.2, 0) is 0 Å². The molecule has 2 unspecified atom stereocenters. The average Bonchev–Trinajstić information content (AvgIpc) is 3.19. The molecule has 0 spiro atoms. The van der Waals surface area contributed by atoms with Gasteiger partial charge in [0.2, 0.25) is 0 Å². The lowest BCUT2D eigenvalue weighted by molar-refractivity contribution is -0.173. The van der Waals surface area contributed by atoms with Crippen molar-refractivity contribution in [1.29, 1.82) is 0 Å². The van der Waals surface area contributed by atoms with Crippen molar-refractivity contribution in [1.82, 2.24) is 15.1 Å². The van der Waals surface area contributed by atoms with Gasteiger partial charge in [-0.25, -0.2) is 4.68 Å². The summed E-state index contributed by atoms with van der Waals surface area (Å²) in [6.45, 7) is 2.26. The monoisotopic (exact) mass is 392 g/mol. The van der Waals surface area contributed by atoms with Gasteiger partial charge >= 0.3 is 6.18 Å². The summed E-state index contributed by atoms with van der Waals surface area (Å²) in [5.41, 5.74) is -0.196. The highest BCUT2D eigenvalue weighted by molar-refractivity contribution is 7.10. The van der Waals surface area contributed by atoms with E-state index in [2.05, 4.69) is 15.7 Å². The Bertz CT molecular complexity index is 760. The first kappa shape index (κ1) is 18.1. The number of nitrogens with zero attached hydrogens (tertiary/aromatic N) is 2. The second-order valence-corrected chi connectivity index (χ2v) is 7.07. The molecule has 25 heavy (non-hydrogen) atoms. The van der Waals surface area contributed by atoms with Crippen LogP contribution in [0.3, 0.4) is 0 Å². The SMILES string of the molecule is CCCNC(=O)c1nn2c(c1Cl)NC(c1cccs1)CC2C(F)(F)F. The Morgan fingerprint density at radius 2 is 2.32 bits per heavy atom. The molecule has 2 aromatic heterocycles. The summed E-state index contributed by atoms with van der Waals surface area (Å²) < 4.78 is 41.4. The molecular formula is C15H16ClF3N4OS. The van der Waals surface area contributed by atoms with E-state index in [1.807, 2.05) is 6.92 Å². The zero-order valence-corrected chi connectivity index (χ0v) is 14.8. The zero-order valence-electron chi connectivity index (χ0n) is 13.2. The lowest BCUT2D eigenvalue weighted by Gasteiger charge is -2.32. The number of hydrogen-bond donors (Lipinski definition) is 2. The topological polar surface area (TPSA) is 59.0 Å². The number of alkyl halides is 3. The number of thiophene rings is 1. The minimum atomic E-state index is -4.50. The van der Waals surface area contributed by atoms with E-state index >= 15 is 0 Å². The van der Waals surface area contributed by atoms with Crippen LogP contribution in [-0.4, -0.2) is 28.4 Å². The first-order valence-electron chi connectivity index (χ1n) is 7.75. The number of amides is 1. The summed E-state index contributed by atoms with van der Waals surface area (Å²) in [4.78, 5) is 12.9. The minimum absolute atomic E-state index is 0.0234. The number of carbonyl (C=O) groups is 1. The maximum atomic E-state index is 13.6. The summed E-state index contributed by atoms with van der Waals surface area (Å²) in [6, 6.07) is 1.16. The predicted octanol–water partition coefficient (Wildman–Crippen LogP) is 4.40. The molecule has 2 aromatic rings.